The molecule has 2 saturated heterocycles. The van der Waals surface area contributed by atoms with E-state index in [1.807, 2.05) is 4.90 Å². The number of nitrogens with zero attached hydrogens (tertiary/aromatic N) is 1. The summed E-state index contributed by atoms with van der Waals surface area (Å²) in [5, 5.41) is 10.3. The summed E-state index contributed by atoms with van der Waals surface area (Å²) in [6, 6.07) is 6.66. The monoisotopic (exact) mass is 321 g/mol. The molecule has 0 spiro atoms. The van der Waals surface area contributed by atoms with Gasteiger partial charge in [-0.05, 0) is 37.3 Å². The molecule has 2 aliphatic heterocycles. The third-order valence-electron chi connectivity index (χ3n) is 5.02. The number of aliphatic hydroxyl groups is 1. The number of benzene rings is 1. The number of carbonyl (C=O) groups excluding carboxylic acids is 1. The fourth-order valence-corrected chi connectivity index (χ4v) is 3.57. The van der Waals surface area contributed by atoms with Crippen LogP contribution in [0.3, 0.4) is 0 Å². The number of rotatable bonds is 3. The Labute approximate surface area is 136 Å². The van der Waals surface area contributed by atoms with Gasteiger partial charge in [0.2, 0.25) is 5.91 Å². The Balaban J connectivity index is 1.64. The van der Waals surface area contributed by atoms with E-state index in [1.54, 1.807) is 18.2 Å². The van der Waals surface area contributed by atoms with Crippen molar-refractivity contribution in [2.24, 2.45) is 11.8 Å². The Morgan fingerprint density at radius 3 is 2.74 bits per heavy atom. The second-order valence-corrected chi connectivity index (χ2v) is 6.58. The van der Waals surface area contributed by atoms with Crippen LogP contribution in [-0.2, 0) is 16.0 Å². The Morgan fingerprint density at radius 2 is 2.00 bits per heavy atom. The summed E-state index contributed by atoms with van der Waals surface area (Å²) < 4.78 is 19.2. The molecule has 1 aromatic rings. The minimum atomic E-state index is -0.478. The summed E-state index contributed by atoms with van der Waals surface area (Å²) in [5.74, 6) is -0.149. The molecule has 3 rings (SSSR count). The van der Waals surface area contributed by atoms with Gasteiger partial charge < -0.3 is 14.7 Å². The Morgan fingerprint density at radius 1 is 1.26 bits per heavy atom. The van der Waals surface area contributed by atoms with Gasteiger partial charge in [-0.3, -0.25) is 4.79 Å². The maximum Gasteiger partial charge on any atom is 0.225 e. The lowest BCUT2D eigenvalue weighted by atomic mass is 9.87. The molecule has 0 aromatic heterocycles. The molecule has 2 aliphatic rings. The van der Waals surface area contributed by atoms with Crippen molar-refractivity contribution in [3.8, 4) is 0 Å². The number of aliphatic hydroxyl groups excluding tert-OH is 1. The first-order valence-electron chi connectivity index (χ1n) is 8.43. The maximum absolute atomic E-state index is 13.8. The van der Waals surface area contributed by atoms with E-state index in [0.29, 0.717) is 44.7 Å². The summed E-state index contributed by atoms with van der Waals surface area (Å²) in [5.41, 5.74) is 0.608. The molecule has 0 radical (unpaired) electrons. The van der Waals surface area contributed by atoms with Crippen molar-refractivity contribution in [3.05, 3.63) is 35.6 Å². The highest BCUT2D eigenvalue weighted by molar-refractivity contribution is 5.79. The molecular weight excluding hydrogens is 297 g/mol. The van der Waals surface area contributed by atoms with Gasteiger partial charge in [0.25, 0.3) is 0 Å². The van der Waals surface area contributed by atoms with Crippen molar-refractivity contribution >= 4 is 5.91 Å². The van der Waals surface area contributed by atoms with Crippen LogP contribution in [0.15, 0.2) is 24.3 Å². The number of hydrogen-bond acceptors (Lipinski definition) is 3. The molecule has 2 atom stereocenters. The smallest absolute Gasteiger partial charge is 0.225 e. The molecule has 23 heavy (non-hydrogen) atoms. The van der Waals surface area contributed by atoms with Gasteiger partial charge in [0.15, 0.2) is 0 Å². The number of halogens is 1. The molecule has 0 aliphatic carbocycles. The van der Waals surface area contributed by atoms with Crippen molar-refractivity contribution in [2.75, 3.05) is 26.3 Å². The van der Waals surface area contributed by atoms with E-state index in [0.717, 1.165) is 12.8 Å². The van der Waals surface area contributed by atoms with Crippen LogP contribution in [-0.4, -0.2) is 48.3 Å². The molecule has 1 aromatic carbocycles. The summed E-state index contributed by atoms with van der Waals surface area (Å²) in [4.78, 5) is 14.5. The third kappa shape index (κ3) is 3.90. The second-order valence-electron chi connectivity index (χ2n) is 6.58. The molecule has 0 bridgehead atoms. The number of hydrogen-bond donors (Lipinski definition) is 1. The zero-order chi connectivity index (χ0) is 16.2. The first-order chi connectivity index (χ1) is 11.1. The van der Waals surface area contributed by atoms with Crippen LogP contribution >= 0.6 is 0 Å². The zero-order valence-electron chi connectivity index (χ0n) is 13.3. The first kappa shape index (κ1) is 16.4. The Kier molecular flexibility index (Phi) is 5.28. The predicted molar refractivity (Wildman–Crippen MR) is 84.3 cm³/mol. The van der Waals surface area contributed by atoms with Crippen molar-refractivity contribution in [2.45, 2.75) is 31.8 Å². The summed E-state index contributed by atoms with van der Waals surface area (Å²) in [7, 11) is 0. The Bertz CT molecular complexity index is 545. The van der Waals surface area contributed by atoms with Gasteiger partial charge in [-0.25, -0.2) is 4.39 Å². The maximum atomic E-state index is 13.8. The first-order valence-corrected chi connectivity index (χ1v) is 8.43. The summed E-state index contributed by atoms with van der Waals surface area (Å²) in [6.07, 6.45) is 2.10. The van der Waals surface area contributed by atoms with Crippen LogP contribution in [0.4, 0.5) is 4.39 Å². The van der Waals surface area contributed by atoms with Crippen LogP contribution in [0, 0.1) is 17.7 Å². The highest BCUT2D eigenvalue weighted by Crippen LogP contribution is 2.26. The molecule has 1 amide bonds. The van der Waals surface area contributed by atoms with Gasteiger partial charge >= 0.3 is 0 Å². The number of ether oxygens (including phenoxy) is 1. The van der Waals surface area contributed by atoms with Gasteiger partial charge in [-0.1, -0.05) is 18.2 Å². The van der Waals surface area contributed by atoms with E-state index in [2.05, 4.69) is 0 Å². The second kappa shape index (κ2) is 7.41. The number of likely N-dealkylation sites (tertiary alicyclic amines) is 1. The van der Waals surface area contributed by atoms with E-state index in [-0.39, 0.29) is 23.6 Å². The molecule has 0 saturated carbocycles. The van der Waals surface area contributed by atoms with Gasteiger partial charge in [-0.2, -0.15) is 0 Å². The van der Waals surface area contributed by atoms with E-state index >= 15 is 0 Å². The van der Waals surface area contributed by atoms with Gasteiger partial charge in [0.1, 0.15) is 5.82 Å². The van der Waals surface area contributed by atoms with E-state index in [4.69, 9.17) is 4.74 Å². The molecular formula is C18H24FNO3. The highest BCUT2D eigenvalue weighted by Gasteiger charge is 2.34. The molecule has 1 N–H and O–H groups in total. The molecule has 4 nitrogen and oxygen atoms in total. The average molecular weight is 321 g/mol. The zero-order valence-corrected chi connectivity index (χ0v) is 13.3. The van der Waals surface area contributed by atoms with Crippen molar-refractivity contribution in [1.29, 1.82) is 0 Å². The SMILES string of the molecule is O=C(C1CCOCC1)N1CC[C@H](O)[C@H](Cc2ccccc2F)C1. The molecule has 0 unspecified atom stereocenters. The van der Waals surface area contributed by atoms with Gasteiger partial charge in [-0.15, -0.1) is 0 Å². The van der Waals surface area contributed by atoms with Gasteiger partial charge in [0.05, 0.1) is 6.10 Å². The van der Waals surface area contributed by atoms with Crippen molar-refractivity contribution in [1.82, 2.24) is 4.90 Å². The molecule has 5 heteroatoms. The fraction of sp³-hybridized carbons (Fsp3) is 0.611. The minimum Gasteiger partial charge on any atom is -0.393 e. The lowest BCUT2D eigenvalue weighted by Gasteiger charge is -2.38. The number of carbonyl (C=O) groups is 1. The largest absolute Gasteiger partial charge is 0.393 e. The lowest BCUT2D eigenvalue weighted by molar-refractivity contribution is -0.142. The molecule has 2 heterocycles. The van der Waals surface area contributed by atoms with E-state index in [9.17, 15) is 14.3 Å². The molecule has 126 valence electrons. The van der Waals surface area contributed by atoms with E-state index < -0.39 is 6.10 Å². The quantitative estimate of drug-likeness (QED) is 0.926. The van der Waals surface area contributed by atoms with Gasteiger partial charge in [0, 0.05) is 38.1 Å². The Hall–Kier alpha value is -1.46. The topological polar surface area (TPSA) is 49.8 Å². The average Bonchev–Trinajstić information content (AvgIpc) is 2.59. The van der Waals surface area contributed by atoms with Crippen LogP contribution in [0.1, 0.15) is 24.8 Å². The predicted octanol–water partition coefficient (Wildman–Crippen LogP) is 2.00. The summed E-state index contributed by atoms with van der Waals surface area (Å²) >= 11 is 0. The molecule has 2 fully saturated rings. The highest BCUT2D eigenvalue weighted by atomic mass is 19.1. The fourth-order valence-electron chi connectivity index (χ4n) is 3.57. The number of piperidine rings is 1. The van der Waals surface area contributed by atoms with Crippen LogP contribution in [0.2, 0.25) is 0 Å². The minimum absolute atomic E-state index is 0.0353. The van der Waals surface area contributed by atoms with Crippen LogP contribution in [0.5, 0.6) is 0 Å². The normalized spacial score (nSPS) is 26.3. The van der Waals surface area contributed by atoms with Crippen molar-refractivity contribution in [3.63, 3.8) is 0 Å². The van der Waals surface area contributed by atoms with E-state index in [1.165, 1.54) is 6.07 Å². The van der Waals surface area contributed by atoms with Crippen LogP contribution in [0.25, 0.3) is 0 Å². The lowest BCUT2D eigenvalue weighted by Crippen LogP contribution is -2.49. The number of amides is 1. The third-order valence-corrected chi connectivity index (χ3v) is 5.02. The van der Waals surface area contributed by atoms with Crippen molar-refractivity contribution < 1.29 is 19.0 Å². The standard InChI is InChI=1S/C18H24FNO3/c19-16-4-2-1-3-14(16)11-15-12-20(8-5-17(15)21)18(22)13-6-9-23-10-7-13/h1-4,13,15,17,21H,5-12H2/t15-,17+/m1/s1. The van der Waals surface area contributed by atoms with Crippen LogP contribution < -0.4 is 0 Å². The summed E-state index contributed by atoms with van der Waals surface area (Å²) in [6.45, 7) is 2.38.